The van der Waals surface area contributed by atoms with Crippen molar-refractivity contribution in [3.63, 3.8) is 0 Å². The zero-order valence-electron chi connectivity index (χ0n) is 13.7. The molecule has 0 saturated carbocycles. The van der Waals surface area contributed by atoms with Crippen LogP contribution in [0, 0.1) is 11.8 Å². The van der Waals surface area contributed by atoms with Gasteiger partial charge >= 0.3 is 6.61 Å². The highest BCUT2D eigenvalue weighted by Crippen LogP contribution is 2.19. The summed E-state index contributed by atoms with van der Waals surface area (Å²) in [6.45, 7) is -1.07. The maximum absolute atomic E-state index is 12.4. The Morgan fingerprint density at radius 1 is 1.19 bits per heavy atom. The van der Waals surface area contributed by atoms with Gasteiger partial charge < -0.3 is 9.15 Å². The quantitative estimate of drug-likeness (QED) is 0.462. The largest absolute Gasteiger partial charge is 0.435 e. The van der Waals surface area contributed by atoms with Gasteiger partial charge in [0, 0.05) is 11.1 Å². The monoisotopic (exact) mass is 376 g/mol. The number of ether oxygens (including phenoxy) is 1. The summed E-state index contributed by atoms with van der Waals surface area (Å²) in [7, 11) is 0. The van der Waals surface area contributed by atoms with Crippen LogP contribution in [0.25, 0.3) is 11.5 Å². The Morgan fingerprint density at radius 3 is 2.46 bits per heavy atom. The molecule has 0 aliphatic heterocycles. The van der Waals surface area contributed by atoms with Gasteiger partial charge in [-0.15, -0.1) is 5.10 Å². The topological polar surface area (TPSA) is 57.3 Å². The number of carbonyl (C=O) groups excluding carboxylic acids is 1. The van der Waals surface area contributed by atoms with E-state index in [1.807, 2.05) is 31.2 Å². The molecule has 5 nitrogen and oxygen atoms in total. The lowest BCUT2D eigenvalue weighted by Crippen LogP contribution is -2.12. The number of aromatic nitrogens is 2. The Labute approximate surface area is 152 Å². The minimum Gasteiger partial charge on any atom is -0.435 e. The van der Waals surface area contributed by atoms with Crippen LogP contribution in [0.15, 0.2) is 52.9 Å². The fourth-order valence-corrected chi connectivity index (χ4v) is 2.45. The van der Waals surface area contributed by atoms with E-state index in [1.54, 1.807) is 0 Å². The van der Waals surface area contributed by atoms with Gasteiger partial charge in [-0.1, -0.05) is 17.7 Å². The van der Waals surface area contributed by atoms with Crippen molar-refractivity contribution in [3.05, 3.63) is 64.5 Å². The van der Waals surface area contributed by atoms with Crippen molar-refractivity contribution in [2.24, 2.45) is 0 Å². The second-order valence-corrected chi connectivity index (χ2v) is 5.87. The number of aryl methyl sites for hydroxylation is 1. The van der Waals surface area contributed by atoms with Gasteiger partial charge in [0.05, 0.1) is 0 Å². The molecule has 0 radical (unpaired) electrons. The SMILES string of the molecule is Cc1ccc(-c2nn(CC(=O)c3ccc(OC(F)F)cc3)c(=S)o2)cc1. The van der Waals surface area contributed by atoms with Crippen molar-refractivity contribution in [2.75, 3.05) is 0 Å². The van der Waals surface area contributed by atoms with E-state index in [2.05, 4.69) is 9.84 Å². The molecule has 0 spiro atoms. The first-order chi connectivity index (χ1) is 12.4. The summed E-state index contributed by atoms with van der Waals surface area (Å²) < 4.78 is 35.3. The van der Waals surface area contributed by atoms with Gasteiger partial charge in [-0.05, 0) is 55.5 Å². The summed E-state index contributed by atoms with van der Waals surface area (Å²) >= 11 is 5.11. The molecule has 0 amide bonds. The maximum atomic E-state index is 12.4. The molecule has 0 atom stereocenters. The molecule has 8 heteroatoms. The van der Waals surface area contributed by atoms with Crippen LogP contribution in [-0.4, -0.2) is 22.2 Å². The number of nitrogens with zero attached hydrogens (tertiary/aromatic N) is 2. The second-order valence-electron chi connectivity index (χ2n) is 5.52. The van der Waals surface area contributed by atoms with E-state index in [1.165, 1.54) is 28.9 Å². The second kappa shape index (κ2) is 7.57. The van der Waals surface area contributed by atoms with Crippen LogP contribution >= 0.6 is 12.2 Å². The van der Waals surface area contributed by atoms with Gasteiger partial charge in [0.1, 0.15) is 12.3 Å². The number of ketones is 1. The summed E-state index contributed by atoms with van der Waals surface area (Å²) in [5.74, 6) is 0.0215. The Bertz CT molecular complexity index is 963. The number of Topliss-reactive ketones (excluding diaryl/α,β-unsaturated/α-hetero) is 1. The predicted octanol–water partition coefficient (Wildman–Crippen LogP) is 4.67. The molecular formula is C18H14F2N2O3S. The average Bonchev–Trinajstić information content (AvgIpc) is 2.96. The van der Waals surface area contributed by atoms with E-state index >= 15 is 0 Å². The molecule has 134 valence electrons. The Hall–Kier alpha value is -2.87. The summed E-state index contributed by atoms with van der Waals surface area (Å²) in [5, 5.41) is 4.23. The van der Waals surface area contributed by atoms with E-state index < -0.39 is 6.61 Å². The molecule has 26 heavy (non-hydrogen) atoms. The summed E-state index contributed by atoms with van der Waals surface area (Å²) in [5.41, 5.74) is 2.18. The molecule has 1 aromatic heterocycles. The fourth-order valence-electron chi connectivity index (χ4n) is 2.27. The third-order valence-electron chi connectivity index (χ3n) is 3.60. The molecule has 0 aliphatic rings. The zero-order chi connectivity index (χ0) is 18.7. The molecule has 0 fully saturated rings. The molecule has 0 saturated heterocycles. The van der Waals surface area contributed by atoms with E-state index in [0.29, 0.717) is 11.5 Å². The van der Waals surface area contributed by atoms with Crippen molar-refractivity contribution >= 4 is 18.0 Å². The first-order valence-electron chi connectivity index (χ1n) is 7.65. The van der Waals surface area contributed by atoms with E-state index in [9.17, 15) is 13.6 Å². The average molecular weight is 376 g/mol. The number of hydrogen-bond acceptors (Lipinski definition) is 5. The van der Waals surface area contributed by atoms with Crippen molar-refractivity contribution < 1.29 is 22.7 Å². The molecule has 1 heterocycles. The fraction of sp³-hybridized carbons (Fsp3) is 0.167. The van der Waals surface area contributed by atoms with Gasteiger partial charge in [-0.25, -0.2) is 4.68 Å². The molecule has 3 aromatic rings. The molecule has 0 aliphatic carbocycles. The van der Waals surface area contributed by atoms with Gasteiger partial charge in [-0.2, -0.15) is 8.78 Å². The highest BCUT2D eigenvalue weighted by atomic mass is 32.1. The normalized spacial score (nSPS) is 10.9. The first-order valence-corrected chi connectivity index (χ1v) is 8.06. The van der Waals surface area contributed by atoms with E-state index in [0.717, 1.165) is 11.1 Å². The van der Waals surface area contributed by atoms with Crippen LogP contribution in [0.1, 0.15) is 15.9 Å². The van der Waals surface area contributed by atoms with Gasteiger partial charge in [0.2, 0.25) is 5.89 Å². The van der Waals surface area contributed by atoms with Crippen molar-refractivity contribution in [1.82, 2.24) is 9.78 Å². The van der Waals surface area contributed by atoms with Crippen LogP contribution in [0.4, 0.5) is 8.78 Å². The number of alkyl halides is 2. The van der Waals surface area contributed by atoms with Crippen LogP contribution in [-0.2, 0) is 6.54 Å². The Balaban J connectivity index is 1.75. The Kier molecular flexibility index (Phi) is 5.22. The number of halogens is 2. The smallest absolute Gasteiger partial charge is 0.387 e. The molecule has 0 unspecified atom stereocenters. The number of hydrogen-bond donors (Lipinski definition) is 0. The lowest BCUT2D eigenvalue weighted by atomic mass is 10.1. The minimum absolute atomic E-state index is 0.0174. The van der Waals surface area contributed by atoms with Crippen LogP contribution < -0.4 is 4.74 Å². The van der Waals surface area contributed by atoms with E-state index in [4.69, 9.17) is 16.6 Å². The lowest BCUT2D eigenvalue weighted by Gasteiger charge is -2.05. The molecule has 3 rings (SSSR count). The summed E-state index contributed by atoms with van der Waals surface area (Å²) in [6.07, 6.45) is 0. The third kappa shape index (κ3) is 4.20. The van der Waals surface area contributed by atoms with Crippen LogP contribution in [0.5, 0.6) is 5.75 Å². The molecule has 0 N–H and O–H groups in total. The number of carbonyl (C=O) groups is 1. The summed E-state index contributed by atoms with van der Waals surface area (Å²) in [4.78, 5) is 12.4. The minimum atomic E-state index is -2.91. The third-order valence-corrected chi connectivity index (χ3v) is 3.89. The molecule has 2 aromatic carbocycles. The lowest BCUT2D eigenvalue weighted by molar-refractivity contribution is -0.0498. The summed E-state index contributed by atoms with van der Waals surface area (Å²) in [6, 6.07) is 13.0. The highest BCUT2D eigenvalue weighted by Gasteiger charge is 2.13. The zero-order valence-corrected chi connectivity index (χ0v) is 14.5. The molecular weight excluding hydrogens is 362 g/mol. The van der Waals surface area contributed by atoms with Gasteiger partial charge in [-0.3, -0.25) is 4.79 Å². The number of rotatable bonds is 6. The van der Waals surface area contributed by atoms with Gasteiger partial charge in [0.25, 0.3) is 4.84 Å². The number of benzene rings is 2. The molecule has 0 bridgehead atoms. The van der Waals surface area contributed by atoms with Gasteiger partial charge in [0.15, 0.2) is 5.78 Å². The van der Waals surface area contributed by atoms with Crippen LogP contribution in [0.3, 0.4) is 0 Å². The van der Waals surface area contributed by atoms with Crippen molar-refractivity contribution in [1.29, 1.82) is 0 Å². The van der Waals surface area contributed by atoms with E-state index in [-0.39, 0.29) is 22.9 Å². The first kappa shape index (κ1) is 17.9. The Morgan fingerprint density at radius 2 is 1.85 bits per heavy atom. The van der Waals surface area contributed by atoms with Crippen molar-refractivity contribution in [3.8, 4) is 17.2 Å². The van der Waals surface area contributed by atoms with Crippen LogP contribution in [0.2, 0.25) is 0 Å². The predicted molar refractivity (Wildman–Crippen MR) is 92.9 cm³/mol. The standard InChI is InChI=1S/C18H14F2N2O3S/c1-11-2-4-13(5-3-11)16-21-22(18(26)25-16)10-15(23)12-6-8-14(9-7-12)24-17(19)20/h2-9,17H,10H2,1H3. The van der Waals surface area contributed by atoms with Crippen molar-refractivity contribution in [2.45, 2.75) is 20.1 Å². The maximum Gasteiger partial charge on any atom is 0.387 e. The highest BCUT2D eigenvalue weighted by molar-refractivity contribution is 7.71.